The fraction of sp³-hybridized carbons (Fsp3) is 0.0154. The molecule has 0 unspecified atom stereocenters. The van der Waals surface area contributed by atoms with Crippen LogP contribution in [0.25, 0.3) is 77.5 Å². The maximum Gasteiger partial charge on any atom is 0.0725 e. The van der Waals surface area contributed by atoms with Crippen LogP contribution in [0, 0.1) is 0 Å². The topological polar surface area (TPSA) is 3.24 Å². The van der Waals surface area contributed by atoms with E-state index in [-0.39, 0.29) is 5.41 Å². The third-order valence-corrected chi connectivity index (χ3v) is 14.1. The lowest BCUT2D eigenvalue weighted by atomic mass is 9.70. The van der Waals surface area contributed by atoms with E-state index >= 15 is 0 Å². The third kappa shape index (κ3) is 5.73. The molecule has 308 valence electrons. The van der Waals surface area contributed by atoms with Gasteiger partial charge in [-0.15, -0.1) is 0 Å². The summed E-state index contributed by atoms with van der Waals surface area (Å²) in [6.07, 6.45) is 0. The smallest absolute Gasteiger partial charge is 0.0725 e. The molecule has 11 aromatic rings. The zero-order chi connectivity index (χ0) is 43.6. The molecule has 0 amide bonds. The Morgan fingerprint density at radius 3 is 1.48 bits per heavy atom. The van der Waals surface area contributed by atoms with E-state index in [2.05, 4.69) is 266 Å². The lowest BCUT2D eigenvalue weighted by molar-refractivity contribution is 0.794. The van der Waals surface area contributed by atoms with Gasteiger partial charge in [-0.05, 0) is 125 Å². The normalized spacial score (nSPS) is 12.7. The summed E-state index contributed by atoms with van der Waals surface area (Å²) in [6, 6.07) is 96.1. The van der Waals surface area contributed by atoms with Gasteiger partial charge in [-0.1, -0.05) is 231 Å². The molecule has 0 radical (unpaired) electrons. The second-order valence-electron chi connectivity index (χ2n) is 17.5. The number of fused-ring (bicyclic) bond motifs is 11. The van der Waals surface area contributed by atoms with E-state index in [1.165, 1.54) is 99.8 Å². The average Bonchev–Trinajstić information content (AvgIpc) is 3.87. The van der Waals surface area contributed by atoms with E-state index in [1.54, 1.807) is 0 Å². The number of hydrogen-bond acceptors (Lipinski definition) is 1. The molecule has 0 N–H and O–H groups in total. The Kier molecular flexibility index (Phi) is 8.82. The minimum atomic E-state index is -0.385. The third-order valence-electron chi connectivity index (χ3n) is 14.1. The molecule has 0 atom stereocenters. The number of hydrogen-bond donors (Lipinski definition) is 0. The highest BCUT2D eigenvalue weighted by molar-refractivity contribution is 6.05. The van der Waals surface area contributed by atoms with Gasteiger partial charge < -0.3 is 4.90 Å². The minimum Gasteiger partial charge on any atom is -0.310 e. The standard InChI is InChI=1S/C65H43N/c1-3-19-44(20-4-1)51-26-12-16-36-62(51)66(50-25-17-24-48(43-50)54-42-39-45-21-7-8-27-52(45)63(54)47-22-5-2-6-23-47)49-40-37-46(38-41-49)53-31-18-35-61-64(53)57-30-11-15-34-60(57)65(61)58-32-13-9-28-55(58)56-29-10-14-33-59(56)65/h1-43H. The first-order valence-electron chi connectivity index (χ1n) is 22.9. The van der Waals surface area contributed by atoms with Crippen molar-refractivity contribution >= 4 is 27.8 Å². The highest BCUT2D eigenvalue weighted by Crippen LogP contribution is 2.64. The molecule has 0 saturated heterocycles. The Labute approximate surface area is 386 Å². The van der Waals surface area contributed by atoms with Crippen molar-refractivity contribution in [3.05, 3.63) is 283 Å². The van der Waals surface area contributed by atoms with Crippen molar-refractivity contribution in [2.45, 2.75) is 5.41 Å². The van der Waals surface area contributed by atoms with Gasteiger partial charge in [0.15, 0.2) is 0 Å². The predicted octanol–water partition coefficient (Wildman–Crippen LogP) is 17.3. The zero-order valence-electron chi connectivity index (χ0n) is 36.3. The molecule has 0 fully saturated rings. The fourth-order valence-corrected chi connectivity index (χ4v) is 11.4. The summed E-state index contributed by atoms with van der Waals surface area (Å²) < 4.78 is 0. The molecular weight excluding hydrogens is 795 g/mol. The Hall–Kier alpha value is -8.52. The molecule has 0 saturated carbocycles. The van der Waals surface area contributed by atoms with Crippen molar-refractivity contribution in [1.29, 1.82) is 0 Å². The van der Waals surface area contributed by atoms with Crippen LogP contribution in [0.4, 0.5) is 17.1 Å². The lowest BCUT2D eigenvalue weighted by Gasteiger charge is -2.30. The van der Waals surface area contributed by atoms with Gasteiger partial charge in [-0.3, -0.25) is 0 Å². The van der Waals surface area contributed by atoms with Crippen LogP contribution in [0.1, 0.15) is 22.3 Å². The molecule has 0 aliphatic heterocycles. The van der Waals surface area contributed by atoms with Gasteiger partial charge in [0.2, 0.25) is 0 Å². The van der Waals surface area contributed by atoms with E-state index in [0.717, 1.165) is 17.1 Å². The molecule has 11 aromatic carbocycles. The minimum absolute atomic E-state index is 0.385. The number of benzene rings is 11. The summed E-state index contributed by atoms with van der Waals surface area (Å²) in [7, 11) is 0. The van der Waals surface area contributed by atoms with Gasteiger partial charge in [-0.2, -0.15) is 0 Å². The quantitative estimate of drug-likeness (QED) is 0.155. The maximum atomic E-state index is 2.44. The van der Waals surface area contributed by atoms with Crippen LogP contribution < -0.4 is 4.90 Å². The van der Waals surface area contributed by atoms with Crippen LogP contribution in [0.15, 0.2) is 261 Å². The Bertz CT molecular complexity index is 3590. The highest BCUT2D eigenvalue weighted by Gasteiger charge is 2.51. The maximum absolute atomic E-state index is 2.44. The van der Waals surface area contributed by atoms with Crippen molar-refractivity contribution in [3.8, 4) is 66.8 Å². The molecule has 1 heteroatoms. The van der Waals surface area contributed by atoms with Crippen LogP contribution in [-0.4, -0.2) is 0 Å². The van der Waals surface area contributed by atoms with Gasteiger partial charge in [0.1, 0.15) is 0 Å². The molecule has 0 aromatic heterocycles. The average molecular weight is 838 g/mol. The number of para-hydroxylation sites is 1. The van der Waals surface area contributed by atoms with Crippen LogP contribution in [0.3, 0.4) is 0 Å². The Balaban J connectivity index is 0.982. The molecule has 13 rings (SSSR count). The molecule has 1 nitrogen and oxygen atoms in total. The monoisotopic (exact) mass is 837 g/mol. The zero-order valence-corrected chi connectivity index (χ0v) is 36.3. The van der Waals surface area contributed by atoms with Crippen LogP contribution >= 0.6 is 0 Å². The largest absolute Gasteiger partial charge is 0.310 e. The summed E-state index contributed by atoms with van der Waals surface area (Å²) in [5.74, 6) is 0. The van der Waals surface area contributed by atoms with Gasteiger partial charge in [0.25, 0.3) is 0 Å². The first kappa shape index (κ1) is 38.0. The SMILES string of the molecule is c1ccc(-c2ccccc2N(c2ccc(-c3cccc4c3-c3ccccc3C43c4ccccc4-c4ccccc43)cc2)c2cccc(-c3ccc4ccccc4c3-c3ccccc3)c2)cc1. The molecular formula is C65H43N. The van der Waals surface area contributed by atoms with Crippen molar-refractivity contribution in [3.63, 3.8) is 0 Å². The van der Waals surface area contributed by atoms with E-state index < -0.39 is 0 Å². The molecule has 1 spiro atoms. The van der Waals surface area contributed by atoms with Gasteiger partial charge >= 0.3 is 0 Å². The highest BCUT2D eigenvalue weighted by atomic mass is 15.1. The number of anilines is 3. The predicted molar refractivity (Wildman–Crippen MR) is 277 cm³/mol. The fourth-order valence-electron chi connectivity index (χ4n) is 11.4. The second kappa shape index (κ2) is 15.3. The summed E-state index contributed by atoms with van der Waals surface area (Å²) in [4.78, 5) is 2.44. The molecule has 2 aliphatic carbocycles. The molecule has 0 heterocycles. The number of nitrogens with zero attached hydrogens (tertiary/aromatic N) is 1. The van der Waals surface area contributed by atoms with Crippen molar-refractivity contribution in [1.82, 2.24) is 0 Å². The number of rotatable bonds is 7. The molecule has 2 aliphatic rings. The van der Waals surface area contributed by atoms with Crippen molar-refractivity contribution in [2.75, 3.05) is 4.90 Å². The summed E-state index contributed by atoms with van der Waals surface area (Å²) >= 11 is 0. The molecule has 0 bridgehead atoms. The summed E-state index contributed by atoms with van der Waals surface area (Å²) in [5.41, 5.74) is 23.2. The van der Waals surface area contributed by atoms with Crippen molar-refractivity contribution in [2.24, 2.45) is 0 Å². The van der Waals surface area contributed by atoms with Gasteiger partial charge in [0.05, 0.1) is 11.1 Å². The van der Waals surface area contributed by atoms with Gasteiger partial charge in [0, 0.05) is 16.9 Å². The first-order valence-corrected chi connectivity index (χ1v) is 22.9. The summed E-state index contributed by atoms with van der Waals surface area (Å²) in [5, 5.41) is 2.48. The van der Waals surface area contributed by atoms with E-state index in [1.807, 2.05) is 0 Å². The Morgan fingerprint density at radius 2 is 0.758 bits per heavy atom. The Morgan fingerprint density at radius 1 is 0.258 bits per heavy atom. The first-order chi connectivity index (χ1) is 32.8. The molecule has 66 heavy (non-hydrogen) atoms. The van der Waals surface area contributed by atoms with Crippen LogP contribution in [0.2, 0.25) is 0 Å². The van der Waals surface area contributed by atoms with E-state index in [0.29, 0.717) is 0 Å². The van der Waals surface area contributed by atoms with E-state index in [4.69, 9.17) is 0 Å². The van der Waals surface area contributed by atoms with E-state index in [9.17, 15) is 0 Å². The van der Waals surface area contributed by atoms with Gasteiger partial charge in [-0.25, -0.2) is 0 Å². The van der Waals surface area contributed by atoms with Crippen molar-refractivity contribution < 1.29 is 0 Å². The van der Waals surface area contributed by atoms with Crippen LogP contribution in [-0.2, 0) is 5.41 Å². The summed E-state index contributed by atoms with van der Waals surface area (Å²) in [6.45, 7) is 0. The second-order valence-corrected chi connectivity index (χ2v) is 17.5. The van der Waals surface area contributed by atoms with Crippen LogP contribution in [0.5, 0.6) is 0 Å². The lowest BCUT2D eigenvalue weighted by Crippen LogP contribution is -2.25.